The van der Waals surface area contributed by atoms with Crippen LogP contribution in [0.3, 0.4) is 0 Å². The van der Waals surface area contributed by atoms with E-state index in [-0.39, 0.29) is 23.3 Å². The van der Waals surface area contributed by atoms with Crippen LogP contribution >= 0.6 is 0 Å². The highest BCUT2D eigenvalue weighted by molar-refractivity contribution is 5.94. The van der Waals surface area contributed by atoms with Crippen molar-refractivity contribution in [2.24, 2.45) is 5.92 Å². The van der Waals surface area contributed by atoms with E-state index < -0.39 is 11.7 Å². The number of H-pyrrole nitrogens is 1. The number of amides is 2. The van der Waals surface area contributed by atoms with Crippen LogP contribution in [0.25, 0.3) is 10.9 Å². The molecule has 4 rings (SSSR count). The molecule has 0 bridgehead atoms. The Bertz CT molecular complexity index is 1170. The highest BCUT2D eigenvalue weighted by Gasteiger charge is 2.31. The molecule has 8 heteroatoms. The summed E-state index contributed by atoms with van der Waals surface area (Å²) in [6, 6.07) is 10.3. The van der Waals surface area contributed by atoms with E-state index in [4.69, 9.17) is 0 Å². The summed E-state index contributed by atoms with van der Waals surface area (Å²) in [7, 11) is 0. The molecule has 3 aromatic rings. The second-order valence-corrected chi connectivity index (χ2v) is 8.61. The van der Waals surface area contributed by atoms with Gasteiger partial charge in [-0.2, -0.15) is 13.2 Å². The Kier molecular flexibility index (Phi) is 6.19. The number of likely N-dealkylation sites (tertiary alicyclic amines) is 1. The average molecular weight is 457 g/mol. The Morgan fingerprint density at radius 1 is 1.06 bits per heavy atom. The molecule has 0 unspecified atom stereocenters. The Balaban J connectivity index is 1.30. The standard InChI is InChI=1S/C25H26F3N3O2/c1-15-16(2)30-22-8-3-17(13-21(15)22)14-29-23(32)18-9-11-31(12-10-18)24(33)19-4-6-20(7-5-19)25(26,27)28/h3-8,13,18,30H,9-12,14H2,1-2H3,(H,29,32). The molecule has 1 saturated heterocycles. The van der Waals surface area contributed by atoms with Gasteiger partial charge in [-0.25, -0.2) is 0 Å². The number of rotatable bonds is 4. The van der Waals surface area contributed by atoms with E-state index in [2.05, 4.69) is 23.3 Å². The molecule has 0 aliphatic carbocycles. The molecule has 1 aliphatic rings. The number of aromatic amines is 1. The number of nitrogens with one attached hydrogen (secondary N) is 2. The molecular formula is C25H26F3N3O2. The average Bonchev–Trinajstić information content (AvgIpc) is 3.09. The number of carbonyl (C=O) groups is 2. The molecule has 0 saturated carbocycles. The van der Waals surface area contributed by atoms with Crippen LogP contribution in [-0.4, -0.2) is 34.8 Å². The molecule has 1 fully saturated rings. The SMILES string of the molecule is Cc1[nH]c2ccc(CNC(=O)C3CCN(C(=O)c4ccc(C(F)(F)F)cc4)CC3)cc2c1C. The van der Waals surface area contributed by atoms with Crippen LogP contribution in [0.2, 0.25) is 0 Å². The minimum Gasteiger partial charge on any atom is -0.358 e. The number of aryl methyl sites for hydroxylation is 2. The van der Waals surface area contributed by atoms with Gasteiger partial charge in [0.25, 0.3) is 5.91 Å². The van der Waals surface area contributed by atoms with Gasteiger partial charge in [0.05, 0.1) is 5.56 Å². The van der Waals surface area contributed by atoms with Crippen molar-refractivity contribution < 1.29 is 22.8 Å². The monoisotopic (exact) mass is 457 g/mol. The molecule has 0 radical (unpaired) electrons. The molecule has 33 heavy (non-hydrogen) atoms. The van der Waals surface area contributed by atoms with E-state index in [0.29, 0.717) is 32.5 Å². The van der Waals surface area contributed by atoms with Gasteiger partial charge in [0.2, 0.25) is 5.91 Å². The molecule has 2 aromatic carbocycles. The van der Waals surface area contributed by atoms with E-state index in [0.717, 1.165) is 34.3 Å². The summed E-state index contributed by atoms with van der Waals surface area (Å²) in [5.41, 5.74) is 3.86. The lowest BCUT2D eigenvalue weighted by atomic mass is 9.95. The lowest BCUT2D eigenvalue weighted by Gasteiger charge is -2.31. The zero-order valence-corrected chi connectivity index (χ0v) is 18.6. The first-order valence-electron chi connectivity index (χ1n) is 11.0. The molecule has 5 nitrogen and oxygen atoms in total. The second-order valence-electron chi connectivity index (χ2n) is 8.61. The minimum atomic E-state index is -4.43. The molecular weight excluding hydrogens is 431 g/mol. The first-order chi connectivity index (χ1) is 15.6. The smallest absolute Gasteiger partial charge is 0.358 e. The lowest BCUT2D eigenvalue weighted by molar-refractivity contribution is -0.137. The zero-order chi connectivity index (χ0) is 23.8. The van der Waals surface area contributed by atoms with Gasteiger partial charge in [0, 0.05) is 47.7 Å². The van der Waals surface area contributed by atoms with Gasteiger partial charge in [-0.1, -0.05) is 6.07 Å². The van der Waals surface area contributed by atoms with Gasteiger partial charge in [-0.15, -0.1) is 0 Å². The van der Waals surface area contributed by atoms with Gasteiger partial charge in [-0.3, -0.25) is 9.59 Å². The predicted octanol–water partition coefficient (Wildman–Crippen LogP) is 4.97. The first kappa shape index (κ1) is 22.9. The molecule has 0 atom stereocenters. The highest BCUT2D eigenvalue weighted by Crippen LogP contribution is 2.29. The number of fused-ring (bicyclic) bond motifs is 1. The van der Waals surface area contributed by atoms with Crippen molar-refractivity contribution in [3.05, 3.63) is 70.4 Å². The maximum atomic E-state index is 12.7. The van der Waals surface area contributed by atoms with Crippen molar-refractivity contribution in [1.82, 2.24) is 15.2 Å². The molecule has 0 spiro atoms. The minimum absolute atomic E-state index is 0.0429. The van der Waals surface area contributed by atoms with Crippen molar-refractivity contribution in [3.8, 4) is 0 Å². The zero-order valence-electron chi connectivity index (χ0n) is 18.6. The maximum Gasteiger partial charge on any atom is 0.416 e. The van der Waals surface area contributed by atoms with Crippen LogP contribution in [0.4, 0.5) is 13.2 Å². The van der Waals surface area contributed by atoms with Gasteiger partial charge in [0.15, 0.2) is 0 Å². The normalized spacial score (nSPS) is 15.1. The van der Waals surface area contributed by atoms with Crippen molar-refractivity contribution in [3.63, 3.8) is 0 Å². The van der Waals surface area contributed by atoms with E-state index in [1.165, 1.54) is 17.7 Å². The number of carbonyl (C=O) groups excluding carboxylic acids is 2. The number of nitrogens with zero attached hydrogens (tertiary/aromatic N) is 1. The van der Waals surface area contributed by atoms with Crippen molar-refractivity contribution >= 4 is 22.7 Å². The predicted molar refractivity (Wildman–Crippen MR) is 120 cm³/mol. The van der Waals surface area contributed by atoms with Crippen molar-refractivity contribution in [1.29, 1.82) is 0 Å². The van der Waals surface area contributed by atoms with Gasteiger partial charge in [-0.05, 0) is 74.2 Å². The van der Waals surface area contributed by atoms with E-state index >= 15 is 0 Å². The number of hydrogen-bond acceptors (Lipinski definition) is 2. The van der Waals surface area contributed by atoms with Crippen LogP contribution in [0.1, 0.15) is 45.6 Å². The Labute approximate surface area is 190 Å². The topological polar surface area (TPSA) is 65.2 Å². The molecule has 2 heterocycles. The Morgan fingerprint density at radius 2 is 1.73 bits per heavy atom. The second kappa shape index (κ2) is 8.92. The van der Waals surface area contributed by atoms with Gasteiger partial charge in [0.1, 0.15) is 0 Å². The third kappa shape index (κ3) is 4.89. The number of hydrogen-bond donors (Lipinski definition) is 2. The van der Waals surface area contributed by atoms with E-state index in [9.17, 15) is 22.8 Å². The fourth-order valence-electron chi connectivity index (χ4n) is 4.28. The number of aromatic nitrogens is 1. The van der Waals surface area contributed by atoms with Crippen LogP contribution in [0.15, 0.2) is 42.5 Å². The number of benzene rings is 2. The summed E-state index contributed by atoms with van der Waals surface area (Å²) in [6.45, 7) is 5.32. The van der Waals surface area contributed by atoms with Crippen LogP contribution in [0, 0.1) is 19.8 Å². The molecule has 1 aromatic heterocycles. The summed E-state index contributed by atoms with van der Waals surface area (Å²) in [4.78, 5) is 30.2. The van der Waals surface area contributed by atoms with Crippen LogP contribution in [0.5, 0.6) is 0 Å². The summed E-state index contributed by atoms with van der Waals surface area (Å²) < 4.78 is 38.2. The lowest BCUT2D eigenvalue weighted by Crippen LogP contribution is -2.42. The molecule has 174 valence electrons. The Morgan fingerprint density at radius 3 is 2.36 bits per heavy atom. The first-order valence-corrected chi connectivity index (χ1v) is 11.0. The third-order valence-corrected chi connectivity index (χ3v) is 6.45. The summed E-state index contributed by atoms with van der Waals surface area (Å²) in [5, 5.41) is 4.14. The van der Waals surface area contributed by atoms with Crippen LogP contribution < -0.4 is 5.32 Å². The number of alkyl halides is 3. The number of piperidine rings is 1. The molecule has 2 N–H and O–H groups in total. The molecule has 1 aliphatic heterocycles. The molecule has 2 amide bonds. The van der Waals surface area contributed by atoms with E-state index in [1.807, 2.05) is 19.1 Å². The van der Waals surface area contributed by atoms with Gasteiger partial charge >= 0.3 is 6.18 Å². The number of halogens is 3. The van der Waals surface area contributed by atoms with Crippen LogP contribution in [-0.2, 0) is 17.5 Å². The fraction of sp³-hybridized carbons (Fsp3) is 0.360. The van der Waals surface area contributed by atoms with Crippen molar-refractivity contribution in [2.45, 2.75) is 39.4 Å². The maximum absolute atomic E-state index is 12.7. The third-order valence-electron chi connectivity index (χ3n) is 6.45. The Hall–Kier alpha value is -3.29. The summed E-state index contributed by atoms with van der Waals surface area (Å²) >= 11 is 0. The van der Waals surface area contributed by atoms with Crippen molar-refractivity contribution in [2.75, 3.05) is 13.1 Å². The highest BCUT2D eigenvalue weighted by atomic mass is 19.4. The quantitative estimate of drug-likeness (QED) is 0.581. The van der Waals surface area contributed by atoms with E-state index in [1.54, 1.807) is 4.90 Å². The summed E-state index contributed by atoms with van der Waals surface area (Å²) in [6.07, 6.45) is -3.39. The fourth-order valence-corrected chi connectivity index (χ4v) is 4.28. The summed E-state index contributed by atoms with van der Waals surface area (Å²) in [5.74, 6) is -0.548. The van der Waals surface area contributed by atoms with Gasteiger partial charge < -0.3 is 15.2 Å². The largest absolute Gasteiger partial charge is 0.416 e.